The molecule has 22 heavy (non-hydrogen) atoms. The van der Waals surface area contributed by atoms with Crippen molar-refractivity contribution in [2.45, 2.75) is 31.3 Å². The summed E-state index contributed by atoms with van der Waals surface area (Å²) >= 11 is 3.36. The van der Waals surface area contributed by atoms with Crippen LogP contribution in [-0.4, -0.2) is 37.8 Å². The molecule has 2 heterocycles. The molecular formula is C16H21BrN2O3. The number of nitrogens with one attached hydrogen (secondary N) is 1. The number of hydrogen-bond donors (Lipinski definition) is 1. The summed E-state index contributed by atoms with van der Waals surface area (Å²) < 4.78 is 11.5. The number of rotatable bonds is 4. The third-order valence-electron chi connectivity index (χ3n) is 4.93. The van der Waals surface area contributed by atoms with Crippen LogP contribution in [0, 0.1) is 5.41 Å². The van der Waals surface area contributed by atoms with Gasteiger partial charge in [-0.1, -0.05) is 6.07 Å². The van der Waals surface area contributed by atoms with E-state index in [1.165, 1.54) is 20.0 Å². The Morgan fingerprint density at radius 1 is 1.36 bits per heavy atom. The van der Waals surface area contributed by atoms with Gasteiger partial charge in [0.25, 0.3) is 0 Å². The smallest absolute Gasteiger partial charge is 0.331 e. The van der Waals surface area contributed by atoms with Crippen LogP contribution in [0.15, 0.2) is 22.9 Å². The number of hydrogen-bond acceptors (Lipinski definition) is 5. The Kier molecular flexibility index (Phi) is 4.52. The number of carbonyl (C=O) groups is 1. The van der Waals surface area contributed by atoms with Gasteiger partial charge >= 0.3 is 5.97 Å². The van der Waals surface area contributed by atoms with Crippen LogP contribution >= 0.6 is 15.9 Å². The van der Waals surface area contributed by atoms with E-state index < -0.39 is 5.60 Å². The lowest BCUT2D eigenvalue weighted by molar-refractivity contribution is -0.196. The lowest BCUT2D eigenvalue weighted by Gasteiger charge is -2.57. The van der Waals surface area contributed by atoms with Crippen LogP contribution in [0.25, 0.3) is 0 Å². The topological polar surface area (TPSA) is 60.5 Å². The lowest BCUT2D eigenvalue weighted by Crippen LogP contribution is -2.55. The summed E-state index contributed by atoms with van der Waals surface area (Å²) in [5, 5.41) is 3.41. The molecule has 0 amide bonds. The normalized spacial score (nSPS) is 22.1. The number of piperidine rings is 1. The third kappa shape index (κ3) is 3.05. The zero-order valence-corrected chi connectivity index (χ0v) is 14.3. The van der Waals surface area contributed by atoms with Crippen LogP contribution in [0.3, 0.4) is 0 Å². The highest BCUT2D eigenvalue weighted by Gasteiger charge is 2.56. The van der Waals surface area contributed by atoms with Crippen molar-refractivity contribution in [3.63, 3.8) is 0 Å². The lowest BCUT2D eigenvalue weighted by atomic mass is 9.53. The van der Waals surface area contributed by atoms with Gasteiger partial charge in [-0.05, 0) is 66.2 Å². The van der Waals surface area contributed by atoms with Crippen LogP contribution in [0.2, 0.25) is 0 Å². The Hall–Kier alpha value is -0.980. The molecule has 120 valence electrons. The number of methoxy groups -OCH3 is 1. The van der Waals surface area contributed by atoms with Gasteiger partial charge in [0, 0.05) is 11.8 Å². The van der Waals surface area contributed by atoms with Crippen molar-refractivity contribution in [1.29, 1.82) is 0 Å². The van der Waals surface area contributed by atoms with Gasteiger partial charge in [0.2, 0.25) is 0 Å². The predicted octanol–water partition coefficient (Wildman–Crippen LogP) is 2.39. The van der Waals surface area contributed by atoms with E-state index >= 15 is 0 Å². The summed E-state index contributed by atoms with van der Waals surface area (Å²) in [5.74, 6) is -0.337. The quantitative estimate of drug-likeness (QED) is 0.653. The molecule has 1 aliphatic carbocycles. The highest BCUT2D eigenvalue weighted by atomic mass is 79.9. The number of aromatic nitrogens is 1. The second kappa shape index (κ2) is 6.26. The standard InChI is InChI=1S/C16H21BrN2O3/c1-21-14(20)9-22-16(12-2-3-13(17)19-8-12)10-15(11-16)4-6-18-7-5-15/h2-3,8,18H,4-7,9-11H2,1H3. The fourth-order valence-corrected chi connectivity index (χ4v) is 4.00. The average molecular weight is 369 g/mol. The molecule has 1 saturated heterocycles. The maximum atomic E-state index is 11.5. The Morgan fingerprint density at radius 2 is 2.09 bits per heavy atom. The Bertz CT molecular complexity index is 533. The van der Waals surface area contributed by atoms with Gasteiger partial charge in [-0.3, -0.25) is 0 Å². The molecule has 5 nitrogen and oxygen atoms in total. The van der Waals surface area contributed by atoms with Crippen LogP contribution in [0.4, 0.5) is 0 Å². The molecule has 2 fully saturated rings. The van der Waals surface area contributed by atoms with Crippen molar-refractivity contribution in [2.75, 3.05) is 26.8 Å². The van der Waals surface area contributed by atoms with Crippen molar-refractivity contribution in [2.24, 2.45) is 5.41 Å². The molecule has 1 aliphatic heterocycles. The Labute approximate surface area is 138 Å². The number of carbonyl (C=O) groups excluding carboxylic acids is 1. The summed E-state index contributed by atoms with van der Waals surface area (Å²) in [6, 6.07) is 3.95. The number of nitrogens with zero attached hydrogens (tertiary/aromatic N) is 1. The van der Waals surface area contributed by atoms with E-state index in [1.807, 2.05) is 18.3 Å². The summed E-state index contributed by atoms with van der Waals surface area (Å²) in [5.41, 5.74) is 0.983. The van der Waals surface area contributed by atoms with Crippen LogP contribution < -0.4 is 5.32 Å². The van der Waals surface area contributed by atoms with E-state index in [-0.39, 0.29) is 12.6 Å². The summed E-state index contributed by atoms with van der Waals surface area (Å²) in [7, 11) is 1.38. The van der Waals surface area contributed by atoms with Crippen molar-refractivity contribution in [3.05, 3.63) is 28.5 Å². The Balaban J connectivity index is 1.78. The summed E-state index contributed by atoms with van der Waals surface area (Å²) in [6.07, 6.45) is 6.07. The van der Waals surface area contributed by atoms with Crippen LogP contribution in [0.5, 0.6) is 0 Å². The zero-order valence-electron chi connectivity index (χ0n) is 12.7. The fourth-order valence-electron chi connectivity index (χ4n) is 3.76. The molecule has 1 spiro atoms. The molecular weight excluding hydrogens is 348 g/mol. The molecule has 1 aromatic heterocycles. The van der Waals surface area contributed by atoms with Crippen LogP contribution in [-0.2, 0) is 19.9 Å². The predicted molar refractivity (Wildman–Crippen MR) is 85.4 cm³/mol. The summed E-state index contributed by atoms with van der Waals surface area (Å²) in [6.45, 7) is 2.11. The van der Waals surface area contributed by atoms with Crippen molar-refractivity contribution in [1.82, 2.24) is 10.3 Å². The first kappa shape index (κ1) is 15.9. The first-order valence-electron chi connectivity index (χ1n) is 7.61. The fraction of sp³-hybridized carbons (Fsp3) is 0.625. The van der Waals surface area contributed by atoms with Gasteiger partial charge < -0.3 is 14.8 Å². The van der Waals surface area contributed by atoms with Crippen molar-refractivity contribution >= 4 is 21.9 Å². The maximum absolute atomic E-state index is 11.5. The van der Waals surface area contributed by atoms with E-state index in [4.69, 9.17) is 9.47 Å². The van der Waals surface area contributed by atoms with E-state index in [1.54, 1.807) is 0 Å². The van der Waals surface area contributed by atoms with Gasteiger partial charge in [-0.15, -0.1) is 0 Å². The number of ether oxygens (including phenoxy) is 2. The number of halogens is 1. The second-order valence-corrected chi connectivity index (χ2v) is 7.14. The minimum atomic E-state index is -0.404. The van der Waals surface area contributed by atoms with E-state index in [0.717, 1.165) is 36.1 Å². The molecule has 0 bridgehead atoms. The molecule has 1 saturated carbocycles. The first-order valence-corrected chi connectivity index (χ1v) is 8.40. The molecule has 0 radical (unpaired) electrons. The molecule has 3 rings (SSSR count). The van der Waals surface area contributed by atoms with Gasteiger partial charge in [-0.2, -0.15) is 0 Å². The molecule has 0 unspecified atom stereocenters. The van der Waals surface area contributed by atoms with E-state index in [2.05, 4.69) is 26.2 Å². The highest BCUT2D eigenvalue weighted by Crippen LogP contribution is 2.60. The van der Waals surface area contributed by atoms with Crippen LogP contribution in [0.1, 0.15) is 31.2 Å². The molecule has 2 aliphatic rings. The van der Waals surface area contributed by atoms with Crippen molar-refractivity contribution in [3.8, 4) is 0 Å². The number of pyridine rings is 1. The molecule has 6 heteroatoms. The van der Waals surface area contributed by atoms with E-state index in [9.17, 15) is 4.79 Å². The van der Waals surface area contributed by atoms with Gasteiger partial charge in [0.1, 0.15) is 11.2 Å². The number of esters is 1. The summed E-state index contributed by atoms with van der Waals surface area (Å²) in [4.78, 5) is 15.8. The van der Waals surface area contributed by atoms with Crippen molar-refractivity contribution < 1.29 is 14.3 Å². The average Bonchev–Trinajstić information content (AvgIpc) is 2.52. The van der Waals surface area contributed by atoms with E-state index in [0.29, 0.717) is 5.41 Å². The molecule has 0 atom stereocenters. The molecule has 1 aromatic rings. The minimum absolute atomic E-state index is 0.0130. The highest BCUT2D eigenvalue weighted by molar-refractivity contribution is 9.10. The first-order chi connectivity index (χ1) is 10.6. The largest absolute Gasteiger partial charge is 0.467 e. The zero-order chi connectivity index (χ0) is 15.6. The second-order valence-electron chi connectivity index (χ2n) is 6.33. The molecule has 0 aromatic carbocycles. The third-order valence-corrected chi connectivity index (χ3v) is 5.40. The Morgan fingerprint density at radius 3 is 2.68 bits per heavy atom. The van der Waals surface area contributed by atoms with Gasteiger partial charge in [-0.25, -0.2) is 9.78 Å². The maximum Gasteiger partial charge on any atom is 0.331 e. The van der Waals surface area contributed by atoms with Gasteiger partial charge in [0.15, 0.2) is 0 Å². The molecule has 1 N–H and O–H groups in total. The monoisotopic (exact) mass is 368 g/mol. The SMILES string of the molecule is COC(=O)COC1(c2ccc(Br)nc2)CC2(CCNCC2)C1. The minimum Gasteiger partial charge on any atom is -0.467 e. The van der Waals surface area contributed by atoms with Gasteiger partial charge in [0.05, 0.1) is 12.7 Å².